The molecule has 17 heavy (non-hydrogen) atoms. The highest BCUT2D eigenvalue weighted by Gasteiger charge is 2.28. The number of hydrogen-bond donors (Lipinski definition) is 1. The maximum atomic E-state index is 3.81. The summed E-state index contributed by atoms with van der Waals surface area (Å²) in [5.41, 5.74) is 0. The number of halogens is 1. The normalized spacial score (nSPS) is 26.3. The Labute approximate surface area is 121 Å². The maximum Gasteiger partial charge on any atom is 0.0389 e. The summed E-state index contributed by atoms with van der Waals surface area (Å²) in [6.45, 7) is 4.55. The zero-order chi connectivity index (χ0) is 12.3. The standard InChI is InChI=1S/C13H20BrNS2/c1-3-16-12-6-4-5-11(12)15-9(2)13-7-10(14)8-17-13/h7-9,11-12,15H,3-6H2,1-2H3. The molecule has 2 rings (SSSR count). The van der Waals surface area contributed by atoms with Gasteiger partial charge in [-0.2, -0.15) is 11.8 Å². The molecule has 0 bridgehead atoms. The molecule has 0 aliphatic heterocycles. The number of thiophene rings is 1. The number of nitrogens with one attached hydrogen (secondary N) is 1. The number of hydrogen-bond acceptors (Lipinski definition) is 3. The summed E-state index contributed by atoms with van der Waals surface area (Å²) in [4.78, 5) is 1.43. The topological polar surface area (TPSA) is 12.0 Å². The second-order valence-electron chi connectivity index (χ2n) is 4.59. The molecule has 3 unspecified atom stereocenters. The minimum atomic E-state index is 0.481. The van der Waals surface area contributed by atoms with Crippen LogP contribution < -0.4 is 5.32 Å². The molecule has 3 atom stereocenters. The Morgan fingerprint density at radius 2 is 2.41 bits per heavy atom. The van der Waals surface area contributed by atoms with Crippen LogP contribution in [0.4, 0.5) is 0 Å². The predicted octanol–water partition coefficient (Wildman–Crippen LogP) is 4.84. The molecule has 0 spiro atoms. The lowest BCUT2D eigenvalue weighted by atomic mass is 10.2. The molecule has 96 valence electrons. The molecular weight excluding hydrogens is 314 g/mol. The molecule has 1 saturated carbocycles. The van der Waals surface area contributed by atoms with E-state index in [1.54, 1.807) is 0 Å². The van der Waals surface area contributed by atoms with Crippen LogP contribution in [0.1, 0.15) is 44.0 Å². The second kappa shape index (κ2) is 6.60. The van der Waals surface area contributed by atoms with E-state index < -0.39 is 0 Å². The summed E-state index contributed by atoms with van der Waals surface area (Å²) >= 11 is 7.49. The monoisotopic (exact) mass is 333 g/mol. The van der Waals surface area contributed by atoms with Crippen LogP contribution in [0.25, 0.3) is 0 Å². The van der Waals surface area contributed by atoms with Gasteiger partial charge in [0, 0.05) is 32.1 Å². The largest absolute Gasteiger partial charge is 0.306 e. The first kappa shape index (κ1) is 13.9. The van der Waals surface area contributed by atoms with Crippen molar-refractivity contribution in [2.45, 2.75) is 50.4 Å². The zero-order valence-corrected chi connectivity index (χ0v) is 13.6. The molecule has 1 aromatic rings. The molecule has 1 aromatic heterocycles. The van der Waals surface area contributed by atoms with Crippen molar-refractivity contribution in [2.75, 3.05) is 5.75 Å². The fourth-order valence-corrected chi connectivity index (χ4v) is 5.16. The van der Waals surface area contributed by atoms with Crippen LogP contribution >= 0.6 is 39.0 Å². The highest BCUT2D eigenvalue weighted by molar-refractivity contribution is 9.10. The van der Waals surface area contributed by atoms with Crippen molar-refractivity contribution < 1.29 is 0 Å². The Morgan fingerprint density at radius 1 is 1.59 bits per heavy atom. The zero-order valence-electron chi connectivity index (χ0n) is 10.4. The smallest absolute Gasteiger partial charge is 0.0389 e. The first-order chi connectivity index (χ1) is 8.20. The van der Waals surface area contributed by atoms with Gasteiger partial charge in [0.05, 0.1) is 0 Å². The summed E-state index contributed by atoms with van der Waals surface area (Å²) < 4.78 is 1.21. The third kappa shape index (κ3) is 3.72. The van der Waals surface area contributed by atoms with E-state index in [4.69, 9.17) is 0 Å². The van der Waals surface area contributed by atoms with Crippen molar-refractivity contribution in [1.82, 2.24) is 5.32 Å². The highest BCUT2D eigenvalue weighted by atomic mass is 79.9. The molecule has 4 heteroatoms. The summed E-state index contributed by atoms with van der Waals surface area (Å²) in [5, 5.41) is 6.80. The highest BCUT2D eigenvalue weighted by Crippen LogP contribution is 2.32. The lowest BCUT2D eigenvalue weighted by Crippen LogP contribution is -2.35. The van der Waals surface area contributed by atoms with Crippen LogP contribution in [0.2, 0.25) is 0 Å². The van der Waals surface area contributed by atoms with Gasteiger partial charge < -0.3 is 5.32 Å². The number of thioether (sulfide) groups is 1. The fraction of sp³-hybridized carbons (Fsp3) is 0.692. The van der Waals surface area contributed by atoms with E-state index in [-0.39, 0.29) is 0 Å². The second-order valence-corrected chi connectivity index (χ2v) is 7.96. The molecule has 1 N–H and O–H groups in total. The van der Waals surface area contributed by atoms with E-state index in [1.165, 1.54) is 34.4 Å². The van der Waals surface area contributed by atoms with Crippen LogP contribution in [0, 0.1) is 0 Å². The van der Waals surface area contributed by atoms with Gasteiger partial charge in [-0.1, -0.05) is 13.3 Å². The SMILES string of the molecule is CCSC1CCCC1NC(C)c1cc(Br)cs1. The minimum Gasteiger partial charge on any atom is -0.306 e. The Balaban J connectivity index is 1.91. The van der Waals surface area contributed by atoms with E-state index >= 15 is 0 Å². The van der Waals surface area contributed by atoms with Crippen molar-refractivity contribution >= 4 is 39.0 Å². The molecule has 0 radical (unpaired) electrons. The van der Waals surface area contributed by atoms with Crippen LogP contribution in [0.15, 0.2) is 15.9 Å². The van der Waals surface area contributed by atoms with Gasteiger partial charge in [0.15, 0.2) is 0 Å². The summed E-state index contributed by atoms with van der Waals surface area (Å²) in [7, 11) is 0. The Kier molecular flexibility index (Phi) is 5.40. The third-order valence-electron chi connectivity index (χ3n) is 3.31. The van der Waals surface area contributed by atoms with Crippen LogP contribution in [-0.4, -0.2) is 17.0 Å². The van der Waals surface area contributed by atoms with Crippen molar-refractivity contribution in [2.24, 2.45) is 0 Å². The maximum absolute atomic E-state index is 3.81. The van der Waals surface area contributed by atoms with Gasteiger partial charge in [0.25, 0.3) is 0 Å². The van der Waals surface area contributed by atoms with Crippen molar-refractivity contribution in [3.63, 3.8) is 0 Å². The van der Waals surface area contributed by atoms with E-state index in [9.17, 15) is 0 Å². The lowest BCUT2D eigenvalue weighted by molar-refractivity contribution is 0.471. The Morgan fingerprint density at radius 3 is 3.06 bits per heavy atom. The molecule has 1 aliphatic rings. The molecule has 1 heterocycles. The van der Waals surface area contributed by atoms with Gasteiger partial charge in [-0.15, -0.1) is 11.3 Å². The average molecular weight is 334 g/mol. The van der Waals surface area contributed by atoms with Gasteiger partial charge in [-0.25, -0.2) is 0 Å². The molecule has 0 aromatic carbocycles. The van der Waals surface area contributed by atoms with E-state index in [1.807, 2.05) is 11.3 Å². The van der Waals surface area contributed by atoms with Gasteiger partial charge in [0.1, 0.15) is 0 Å². The first-order valence-corrected chi connectivity index (χ1v) is 9.04. The Bertz CT molecular complexity index is 353. The lowest BCUT2D eigenvalue weighted by Gasteiger charge is -2.24. The third-order valence-corrected chi connectivity index (χ3v) is 6.51. The van der Waals surface area contributed by atoms with E-state index in [0.717, 1.165) is 5.25 Å². The molecule has 1 aliphatic carbocycles. The van der Waals surface area contributed by atoms with Gasteiger partial charge in [-0.3, -0.25) is 0 Å². The number of rotatable bonds is 5. The fourth-order valence-electron chi connectivity index (χ4n) is 2.49. The molecule has 1 nitrogen and oxygen atoms in total. The van der Waals surface area contributed by atoms with Crippen molar-refractivity contribution in [1.29, 1.82) is 0 Å². The van der Waals surface area contributed by atoms with Crippen LogP contribution in [0.5, 0.6) is 0 Å². The van der Waals surface area contributed by atoms with Gasteiger partial charge >= 0.3 is 0 Å². The summed E-state index contributed by atoms with van der Waals surface area (Å²) in [5.74, 6) is 1.24. The van der Waals surface area contributed by atoms with Crippen molar-refractivity contribution in [3.8, 4) is 0 Å². The van der Waals surface area contributed by atoms with Crippen molar-refractivity contribution in [3.05, 3.63) is 20.8 Å². The Hall–Kier alpha value is 0.490. The van der Waals surface area contributed by atoms with Crippen LogP contribution in [0.3, 0.4) is 0 Å². The van der Waals surface area contributed by atoms with E-state index in [2.05, 4.69) is 58.3 Å². The van der Waals surface area contributed by atoms with Gasteiger partial charge in [0.2, 0.25) is 0 Å². The average Bonchev–Trinajstić information content (AvgIpc) is 2.89. The summed E-state index contributed by atoms with van der Waals surface area (Å²) in [6.07, 6.45) is 4.11. The quantitative estimate of drug-likeness (QED) is 0.827. The van der Waals surface area contributed by atoms with Crippen LogP contribution in [-0.2, 0) is 0 Å². The first-order valence-electron chi connectivity index (χ1n) is 6.32. The molecule has 0 amide bonds. The minimum absolute atomic E-state index is 0.481. The predicted molar refractivity (Wildman–Crippen MR) is 83.1 cm³/mol. The summed E-state index contributed by atoms with van der Waals surface area (Å²) in [6, 6.07) is 3.42. The van der Waals surface area contributed by atoms with E-state index in [0.29, 0.717) is 12.1 Å². The molecule has 1 fully saturated rings. The van der Waals surface area contributed by atoms with Gasteiger partial charge in [-0.05, 0) is 47.5 Å². The molecule has 0 saturated heterocycles. The molecular formula is C13H20BrNS2.